The number of hydrogen-bond donors (Lipinski definition) is 2. The first-order valence-corrected chi connectivity index (χ1v) is 10.4. The van der Waals surface area contributed by atoms with E-state index in [2.05, 4.69) is 23.3 Å². The van der Waals surface area contributed by atoms with E-state index >= 15 is 0 Å². The van der Waals surface area contributed by atoms with Gasteiger partial charge in [-0.15, -0.1) is 0 Å². The summed E-state index contributed by atoms with van der Waals surface area (Å²) in [7, 11) is 0. The van der Waals surface area contributed by atoms with Gasteiger partial charge in [-0.05, 0) is 59.8 Å². The van der Waals surface area contributed by atoms with Crippen molar-refractivity contribution in [2.45, 2.75) is 26.4 Å². The maximum atomic E-state index is 13.1. The first-order valence-electron chi connectivity index (χ1n) is 10.0. The van der Waals surface area contributed by atoms with Crippen LogP contribution in [-0.4, -0.2) is 15.9 Å². The Bertz CT molecular complexity index is 1260. The second kappa shape index (κ2) is 9.10. The minimum absolute atomic E-state index is 0.110. The van der Waals surface area contributed by atoms with Crippen LogP contribution in [0.4, 0.5) is 10.5 Å². The van der Waals surface area contributed by atoms with Gasteiger partial charge in [0.25, 0.3) is 5.56 Å². The SMILES string of the molecule is CCc1ccc2[nH]c(=O)c(CN(Cc3ccco3)C(=O)Nc3ccccc3Cl)cc2c1. The number of hydrogen-bond acceptors (Lipinski definition) is 3. The lowest BCUT2D eigenvalue weighted by Crippen LogP contribution is -2.35. The van der Waals surface area contributed by atoms with Gasteiger partial charge in [-0.3, -0.25) is 4.79 Å². The molecule has 0 saturated carbocycles. The van der Waals surface area contributed by atoms with Crippen LogP contribution in [0.2, 0.25) is 5.02 Å². The minimum Gasteiger partial charge on any atom is -0.467 e. The molecule has 158 valence electrons. The van der Waals surface area contributed by atoms with Crippen LogP contribution in [0.3, 0.4) is 0 Å². The fourth-order valence-corrected chi connectivity index (χ4v) is 3.57. The second-order valence-electron chi connectivity index (χ2n) is 7.24. The molecule has 2 amide bonds. The third kappa shape index (κ3) is 4.81. The minimum atomic E-state index is -0.383. The molecule has 31 heavy (non-hydrogen) atoms. The van der Waals surface area contributed by atoms with Crippen molar-refractivity contribution >= 4 is 34.2 Å². The van der Waals surface area contributed by atoms with Crippen molar-refractivity contribution in [3.8, 4) is 0 Å². The molecule has 6 nitrogen and oxygen atoms in total. The molecule has 0 bridgehead atoms. The van der Waals surface area contributed by atoms with Crippen LogP contribution >= 0.6 is 11.6 Å². The molecule has 0 spiro atoms. The number of amides is 2. The maximum Gasteiger partial charge on any atom is 0.322 e. The van der Waals surface area contributed by atoms with Gasteiger partial charge < -0.3 is 19.6 Å². The lowest BCUT2D eigenvalue weighted by atomic mass is 10.1. The van der Waals surface area contributed by atoms with Crippen molar-refractivity contribution in [2.24, 2.45) is 0 Å². The number of carbonyl (C=O) groups excluding carboxylic acids is 1. The van der Waals surface area contributed by atoms with Crippen LogP contribution in [-0.2, 0) is 19.5 Å². The monoisotopic (exact) mass is 435 g/mol. The molecular weight excluding hydrogens is 414 g/mol. The van der Waals surface area contributed by atoms with Gasteiger partial charge in [0.05, 0.1) is 30.1 Å². The van der Waals surface area contributed by atoms with E-state index in [0.29, 0.717) is 22.0 Å². The summed E-state index contributed by atoms with van der Waals surface area (Å²) in [6, 6.07) is 18.0. The summed E-state index contributed by atoms with van der Waals surface area (Å²) in [5.74, 6) is 0.611. The van der Waals surface area contributed by atoms with Crippen LogP contribution in [0.5, 0.6) is 0 Å². The molecule has 0 aliphatic carbocycles. The summed E-state index contributed by atoms with van der Waals surface area (Å²) in [5, 5.41) is 4.18. The Hall–Kier alpha value is -3.51. The van der Waals surface area contributed by atoms with E-state index < -0.39 is 0 Å². The van der Waals surface area contributed by atoms with E-state index in [1.54, 1.807) is 42.7 Å². The average Bonchev–Trinajstić information content (AvgIpc) is 3.28. The number of aromatic amines is 1. The molecule has 4 aromatic rings. The fraction of sp³-hybridized carbons (Fsp3) is 0.167. The Morgan fingerprint density at radius 2 is 1.94 bits per heavy atom. The lowest BCUT2D eigenvalue weighted by Gasteiger charge is -2.22. The number of urea groups is 1. The molecule has 0 unspecified atom stereocenters. The standard InChI is InChI=1S/C24H22ClN3O3/c1-2-16-9-10-21-17(12-16)13-18(23(29)26-21)14-28(15-19-6-5-11-31-19)24(30)27-22-8-4-3-7-20(22)25/h3-13H,2,14-15H2,1H3,(H,26,29)(H,27,30). The van der Waals surface area contributed by atoms with Crippen LogP contribution in [0.1, 0.15) is 23.8 Å². The summed E-state index contributed by atoms with van der Waals surface area (Å²) in [6.45, 7) is 2.40. The van der Waals surface area contributed by atoms with Crippen LogP contribution in [0.15, 0.2) is 76.1 Å². The molecule has 0 saturated heterocycles. The number of fused-ring (bicyclic) bond motifs is 1. The van der Waals surface area contributed by atoms with Crippen molar-refractivity contribution in [1.29, 1.82) is 0 Å². The number of aryl methyl sites for hydroxylation is 1. The number of aromatic nitrogens is 1. The number of H-pyrrole nitrogens is 1. The molecule has 0 aliphatic heterocycles. The molecule has 7 heteroatoms. The lowest BCUT2D eigenvalue weighted by molar-refractivity contribution is 0.201. The number of para-hydroxylation sites is 1. The van der Waals surface area contributed by atoms with Crippen molar-refractivity contribution in [3.63, 3.8) is 0 Å². The Labute approximate surface area is 184 Å². The van der Waals surface area contributed by atoms with E-state index in [1.165, 1.54) is 10.5 Å². The van der Waals surface area contributed by atoms with Gasteiger partial charge in [-0.1, -0.05) is 36.7 Å². The predicted octanol–water partition coefficient (Wildman–Crippen LogP) is 5.57. The number of nitrogens with zero attached hydrogens (tertiary/aromatic N) is 1. The topological polar surface area (TPSA) is 78.3 Å². The summed E-state index contributed by atoms with van der Waals surface area (Å²) < 4.78 is 5.42. The van der Waals surface area contributed by atoms with E-state index in [1.807, 2.05) is 18.2 Å². The summed E-state index contributed by atoms with van der Waals surface area (Å²) in [5.41, 5.74) is 2.70. The number of carbonyl (C=O) groups is 1. The highest BCUT2D eigenvalue weighted by Gasteiger charge is 2.19. The number of halogens is 1. The summed E-state index contributed by atoms with van der Waals surface area (Å²) >= 11 is 6.19. The molecule has 4 rings (SSSR count). The zero-order chi connectivity index (χ0) is 21.8. The van der Waals surface area contributed by atoms with Crippen molar-refractivity contribution in [2.75, 3.05) is 5.32 Å². The third-order valence-electron chi connectivity index (χ3n) is 5.08. The van der Waals surface area contributed by atoms with Crippen LogP contribution < -0.4 is 10.9 Å². The smallest absolute Gasteiger partial charge is 0.322 e. The number of furan rings is 1. The number of pyridine rings is 1. The van der Waals surface area contributed by atoms with Crippen molar-refractivity contribution in [1.82, 2.24) is 9.88 Å². The normalized spacial score (nSPS) is 10.9. The molecule has 0 radical (unpaired) electrons. The zero-order valence-electron chi connectivity index (χ0n) is 17.0. The first-order chi connectivity index (χ1) is 15.0. The molecule has 2 N–H and O–H groups in total. The third-order valence-corrected chi connectivity index (χ3v) is 5.41. The predicted molar refractivity (Wildman–Crippen MR) is 122 cm³/mol. The summed E-state index contributed by atoms with van der Waals surface area (Å²) in [4.78, 5) is 30.2. The van der Waals surface area contributed by atoms with Crippen LogP contribution in [0, 0.1) is 0 Å². The van der Waals surface area contributed by atoms with Gasteiger partial charge in [-0.25, -0.2) is 4.79 Å². The molecule has 0 aliphatic rings. The highest BCUT2D eigenvalue weighted by molar-refractivity contribution is 6.33. The van der Waals surface area contributed by atoms with Crippen molar-refractivity contribution in [3.05, 3.63) is 99.2 Å². The largest absolute Gasteiger partial charge is 0.467 e. The Balaban J connectivity index is 1.65. The highest BCUT2D eigenvalue weighted by Crippen LogP contribution is 2.22. The van der Waals surface area contributed by atoms with E-state index in [0.717, 1.165) is 17.3 Å². The van der Waals surface area contributed by atoms with Gasteiger partial charge in [0.15, 0.2) is 0 Å². The Kier molecular flexibility index (Phi) is 6.09. The molecule has 0 atom stereocenters. The maximum absolute atomic E-state index is 13.1. The Morgan fingerprint density at radius 3 is 2.68 bits per heavy atom. The summed E-state index contributed by atoms with van der Waals surface area (Å²) in [6.07, 6.45) is 2.45. The van der Waals surface area contributed by atoms with Gasteiger partial charge in [0.2, 0.25) is 0 Å². The van der Waals surface area contributed by atoms with Gasteiger partial charge in [-0.2, -0.15) is 0 Å². The zero-order valence-corrected chi connectivity index (χ0v) is 17.8. The fourth-order valence-electron chi connectivity index (χ4n) is 3.39. The van der Waals surface area contributed by atoms with Crippen LogP contribution in [0.25, 0.3) is 10.9 Å². The molecule has 0 fully saturated rings. The number of rotatable bonds is 6. The molecular formula is C24H22ClN3O3. The Morgan fingerprint density at radius 1 is 1.10 bits per heavy atom. The molecule has 2 aromatic heterocycles. The van der Waals surface area contributed by atoms with E-state index in [9.17, 15) is 9.59 Å². The second-order valence-corrected chi connectivity index (χ2v) is 7.65. The number of nitrogens with one attached hydrogen (secondary N) is 2. The average molecular weight is 436 g/mol. The van der Waals surface area contributed by atoms with E-state index in [4.69, 9.17) is 16.0 Å². The first kappa shape index (κ1) is 20.8. The van der Waals surface area contributed by atoms with E-state index in [-0.39, 0.29) is 24.7 Å². The number of benzene rings is 2. The quantitative estimate of drug-likeness (QED) is 0.415. The molecule has 2 heterocycles. The van der Waals surface area contributed by atoms with Gasteiger partial charge >= 0.3 is 6.03 Å². The number of anilines is 1. The molecule has 2 aromatic carbocycles. The highest BCUT2D eigenvalue weighted by atomic mass is 35.5. The van der Waals surface area contributed by atoms with Gasteiger partial charge in [0.1, 0.15) is 5.76 Å². The van der Waals surface area contributed by atoms with Crippen molar-refractivity contribution < 1.29 is 9.21 Å². The van der Waals surface area contributed by atoms with Gasteiger partial charge in [0, 0.05) is 11.1 Å².